The van der Waals surface area contributed by atoms with Crippen LogP contribution in [0.5, 0.6) is 0 Å². The second kappa shape index (κ2) is 8.00. The van der Waals surface area contributed by atoms with Crippen molar-refractivity contribution in [3.05, 3.63) is 68.3 Å². The van der Waals surface area contributed by atoms with Crippen molar-refractivity contribution in [1.82, 2.24) is 0 Å². The van der Waals surface area contributed by atoms with E-state index < -0.39 is 48.7 Å². The van der Waals surface area contributed by atoms with Crippen LogP contribution in [-0.2, 0) is 19.6 Å². The summed E-state index contributed by atoms with van der Waals surface area (Å²) in [6.45, 7) is 0.670. The molecule has 0 atom stereocenters. The molecule has 148 valence electrons. The predicted molar refractivity (Wildman–Crippen MR) is 97.5 cm³/mol. The summed E-state index contributed by atoms with van der Waals surface area (Å²) in [5, 5.41) is 22.1. The Hall–Kier alpha value is -3.54. The van der Waals surface area contributed by atoms with E-state index in [2.05, 4.69) is 4.74 Å². The van der Waals surface area contributed by atoms with Gasteiger partial charge >= 0.3 is 5.97 Å². The number of non-ortho nitro benzene ring substituents is 1. The van der Waals surface area contributed by atoms with Gasteiger partial charge in [0.2, 0.25) is 0 Å². The number of nitro benzene ring substituents is 2. The average Bonchev–Trinajstić information content (AvgIpc) is 2.65. The highest BCUT2D eigenvalue weighted by molar-refractivity contribution is 7.92. The van der Waals surface area contributed by atoms with Crippen LogP contribution in [0, 0.1) is 27.2 Å². The summed E-state index contributed by atoms with van der Waals surface area (Å²) in [6.07, 6.45) is 0. The molecule has 11 nitrogen and oxygen atoms in total. The van der Waals surface area contributed by atoms with Crippen LogP contribution in [0.2, 0.25) is 0 Å². The number of hydrogen-bond donors (Lipinski definition) is 0. The predicted octanol–water partition coefficient (Wildman–Crippen LogP) is 2.18. The van der Waals surface area contributed by atoms with Gasteiger partial charge in [0.05, 0.1) is 27.5 Å². The van der Waals surface area contributed by atoms with E-state index in [0.717, 1.165) is 31.4 Å². The average molecular weight is 409 g/mol. The third kappa shape index (κ3) is 4.23. The number of sulfonamides is 1. The molecule has 0 saturated carbocycles. The van der Waals surface area contributed by atoms with Gasteiger partial charge in [-0.1, -0.05) is 12.1 Å². The van der Waals surface area contributed by atoms with Gasteiger partial charge in [0, 0.05) is 23.8 Å². The first kappa shape index (κ1) is 20.8. The highest BCUT2D eigenvalue weighted by atomic mass is 32.2. The maximum absolute atomic E-state index is 13.1. The van der Waals surface area contributed by atoms with Crippen molar-refractivity contribution < 1.29 is 27.8 Å². The number of methoxy groups -OCH3 is 1. The molecule has 0 N–H and O–H groups in total. The Morgan fingerprint density at radius 2 is 1.79 bits per heavy atom. The summed E-state index contributed by atoms with van der Waals surface area (Å²) in [7, 11) is -3.42. The molecule has 0 aliphatic heterocycles. The van der Waals surface area contributed by atoms with Crippen LogP contribution < -0.4 is 4.31 Å². The number of anilines is 1. The number of benzene rings is 2. The quantitative estimate of drug-likeness (QED) is 0.383. The summed E-state index contributed by atoms with van der Waals surface area (Å²) in [5.41, 5.74) is -0.725. The van der Waals surface area contributed by atoms with Crippen molar-refractivity contribution in [1.29, 1.82) is 0 Å². The lowest BCUT2D eigenvalue weighted by Gasteiger charge is -2.23. The zero-order valence-corrected chi connectivity index (χ0v) is 15.6. The molecule has 0 aromatic heterocycles. The van der Waals surface area contributed by atoms with Crippen molar-refractivity contribution in [3.8, 4) is 0 Å². The topological polar surface area (TPSA) is 150 Å². The molecule has 0 heterocycles. The molecule has 0 bridgehead atoms. The molecule has 2 rings (SSSR count). The van der Waals surface area contributed by atoms with Crippen molar-refractivity contribution in [2.45, 2.75) is 11.8 Å². The van der Waals surface area contributed by atoms with E-state index in [-0.39, 0.29) is 11.3 Å². The van der Waals surface area contributed by atoms with E-state index >= 15 is 0 Å². The second-order valence-electron chi connectivity index (χ2n) is 5.57. The molecule has 28 heavy (non-hydrogen) atoms. The van der Waals surface area contributed by atoms with Crippen LogP contribution in [-0.4, -0.2) is 37.9 Å². The lowest BCUT2D eigenvalue weighted by Crippen LogP contribution is -2.36. The second-order valence-corrected chi connectivity index (χ2v) is 7.43. The van der Waals surface area contributed by atoms with Crippen LogP contribution in [0.25, 0.3) is 0 Å². The molecular formula is C16H15N3O8S. The molecule has 2 aromatic carbocycles. The summed E-state index contributed by atoms with van der Waals surface area (Å²) >= 11 is 0. The first-order chi connectivity index (χ1) is 13.1. The Kier molecular flexibility index (Phi) is 5.93. The monoisotopic (exact) mass is 409 g/mol. The number of nitrogens with zero attached hydrogens (tertiary/aromatic N) is 3. The first-order valence-electron chi connectivity index (χ1n) is 7.67. The maximum Gasteiger partial charge on any atom is 0.326 e. The van der Waals surface area contributed by atoms with Gasteiger partial charge in [0.1, 0.15) is 6.54 Å². The van der Waals surface area contributed by atoms with E-state index in [1.54, 1.807) is 0 Å². The zero-order chi connectivity index (χ0) is 21.1. The molecule has 0 unspecified atom stereocenters. The van der Waals surface area contributed by atoms with E-state index in [1.807, 2.05) is 0 Å². The lowest BCUT2D eigenvalue weighted by molar-refractivity contribution is -0.385. The highest BCUT2D eigenvalue weighted by Crippen LogP contribution is 2.29. The smallest absolute Gasteiger partial charge is 0.326 e. The number of aryl methyl sites for hydroxylation is 1. The van der Waals surface area contributed by atoms with Gasteiger partial charge in [-0.25, -0.2) is 8.42 Å². The fraction of sp³-hybridized carbons (Fsp3) is 0.188. The Morgan fingerprint density at radius 3 is 2.36 bits per heavy atom. The number of hydrogen-bond acceptors (Lipinski definition) is 8. The van der Waals surface area contributed by atoms with Gasteiger partial charge in [0.25, 0.3) is 21.4 Å². The minimum atomic E-state index is -4.47. The number of rotatable bonds is 7. The fourth-order valence-electron chi connectivity index (χ4n) is 2.33. The lowest BCUT2D eigenvalue weighted by atomic mass is 10.2. The van der Waals surface area contributed by atoms with Crippen LogP contribution in [0.3, 0.4) is 0 Å². The Morgan fingerprint density at radius 1 is 1.11 bits per heavy atom. The zero-order valence-electron chi connectivity index (χ0n) is 14.8. The Bertz CT molecular complexity index is 1050. The SMILES string of the molecule is COC(=O)CN(c1cccc([N+](=O)[O-])c1)S(=O)(=O)c1ccc(C)c([N+](=O)[O-])c1. The molecule has 0 saturated heterocycles. The van der Waals surface area contributed by atoms with E-state index in [0.29, 0.717) is 4.31 Å². The molecule has 0 aliphatic carbocycles. The number of carbonyl (C=O) groups excluding carboxylic acids is 1. The van der Waals surface area contributed by atoms with Gasteiger partial charge < -0.3 is 4.74 Å². The summed E-state index contributed by atoms with van der Waals surface area (Å²) in [4.78, 5) is 32.0. The standard InChI is InChI=1S/C16H15N3O8S/c1-11-6-7-14(9-15(11)19(23)24)28(25,26)17(10-16(20)27-2)12-4-3-5-13(8-12)18(21)22/h3-9H,10H2,1-2H3. The Labute approximate surface area is 159 Å². The van der Waals surface area contributed by atoms with Crippen molar-refractivity contribution in [3.63, 3.8) is 0 Å². The molecule has 0 fully saturated rings. The van der Waals surface area contributed by atoms with E-state index in [1.165, 1.54) is 25.1 Å². The van der Waals surface area contributed by atoms with Gasteiger partial charge in [0.15, 0.2) is 0 Å². The first-order valence-corrected chi connectivity index (χ1v) is 9.11. The number of nitro groups is 2. The van der Waals surface area contributed by atoms with Crippen LogP contribution >= 0.6 is 0 Å². The van der Waals surface area contributed by atoms with Gasteiger partial charge in [-0.3, -0.25) is 29.3 Å². The molecule has 0 aliphatic rings. The van der Waals surface area contributed by atoms with E-state index in [4.69, 9.17) is 0 Å². The maximum atomic E-state index is 13.1. The highest BCUT2D eigenvalue weighted by Gasteiger charge is 2.30. The summed E-state index contributed by atoms with van der Waals surface area (Å²) < 4.78 is 31.3. The minimum Gasteiger partial charge on any atom is -0.468 e. The molecule has 0 spiro atoms. The summed E-state index contributed by atoms with van der Waals surface area (Å²) in [5.74, 6) is -0.920. The third-order valence-corrected chi connectivity index (χ3v) is 5.56. The number of ether oxygens (including phenoxy) is 1. The molecule has 2 aromatic rings. The molecule has 12 heteroatoms. The molecule has 0 amide bonds. The third-order valence-electron chi connectivity index (χ3n) is 3.79. The molecular weight excluding hydrogens is 394 g/mol. The fourth-order valence-corrected chi connectivity index (χ4v) is 3.75. The van der Waals surface area contributed by atoms with Crippen LogP contribution in [0.4, 0.5) is 17.1 Å². The van der Waals surface area contributed by atoms with Crippen LogP contribution in [0.1, 0.15) is 5.56 Å². The van der Waals surface area contributed by atoms with E-state index in [9.17, 15) is 33.4 Å². The normalized spacial score (nSPS) is 10.9. The van der Waals surface area contributed by atoms with Gasteiger partial charge in [-0.2, -0.15) is 0 Å². The van der Waals surface area contributed by atoms with Crippen molar-refractivity contribution in [2.75, 3.05) is 18.0 Å². The van der Waals surface area contributed by atoms with Crippen LogP contribution in [0.15, 0.2) is 47.4 Å². The number of esters is 1. The van der Waals surface area contributed by atoms with Crippen molar-refractivity contribution >= 4 is 33.1 Å². The minimum absolute atomic E-state index is 0.164. The van der Waals surface area contributed by atoms with Gasteiger partial charge in [-0.05, 0) is 19.1 Å². The summed E-state index contributed by atoms with van der Waals surface area (Å²) in [6, 6.07) is 7.92. The van der Waals surface area contributed by atoms with Crippen molar-refractivity contribution in [2.24, 2.45) is 0 Å². The van der Waals surface area contributed by atoms with Gasteiger partial charge in [-0.15, -0.1) is 0 Å². The largest absolute Gasteiger partial charge is 0.468 e. The number of carbonyl (C=O) groups is 1. The molecule has 0 radical (unpaired) electrons. The Balaban J connectivity index is 2.64.